The number of hydrogen-bond acceptors (Lipinski definition) is 4. The lowest BCUT2D eigenvalue weighted by atomic mass is 10.2. The van der Waals surface area contributed by atoms with Gasteiger partial charge < -0.3 is 9.80 Å². The minimum atomic E-state index is -0.481. The van der Waals surface area contributed by atoms with Gasteiger partial charge in [0.25, 0.3) is 0 Å². The SMILES string of the molecule is CN(C)C1CCN(c2ccc(Br)cc2C#N)C1.N#Cc1cc(Br)ccc1F. The van der Waals surface area contributed by atoms with Crippen LogP contribution in [-0.4, -0.2) is 38.1 Å². The van der Waals surface area contributed by atoms with Gasteiger partial charge in [-0.15, -0.1) is 0 Å². The van der Waals surface area contributed by atoms with Crippen molar-refractivity contribution in [2.24, 2.45) is 0 Å². The van der Waals surface area contributed by atoms with Gasteiger partial charge in [-0.05, 0) is 56.9 Å². The second-order valence-corrected chi connectivity index (χ2v) is 8.19. The second-order valence-electron chi connectivity index (χ2n) is 6.36. The third kappa shape index (κ3) is 5.77. The first-order valence-electron chi connectivity index (χ1n) is 8.32. The molecule has 27 heavy (non-hydrogen) atoms. The van der Waals surface area contributed by atoms with Gasteiger partial charge in [0.05, 0.1) is 16.8 Å². The van der Waals surface area contributed by atoms with Crippen molar-refractivity contribution in [1.29, 1.82) is 10.5 Å². The average Bonchev–Trinajstić information content (AvgIpc) is 3.14. The van der Waals surface area contributed by atoms with Gasteiger partial charge in [-0.1, -0.05) is 31.9 Å². The van der Waals surface area contributed by atoms with E-state index in [-0.39, 0.29) is 5.56 Å². The number of nitrogens with zero attached hydrogens (tertiary/aromatic N) is 4. The van der Waals surface area contributed by atoms with Crippen molar-refractivity contribution in [3.63, 3.8) is 0 Å². The van der Waals surface area contributed by atoms with Crippen molar-refractivity contribution in [2.75, 3.05) is 32.1 Å². The fraction of sp³-hybridized carbons (Fsp3) is 0.300. The van der Waals surface area contributed by atoms with Gasteiger partial charge in [-0.25, -0.2) is 4.39 Å². The highest BCUT2D eigenvalue weighted by Gasteiger charge is 2.25. The van der Waals surface area contributed by atoms with E-state index in [4.69, 9.17) is 5.26 Å². The summed E-state index contributed by atoms with van der Waals surface area (Å²) in [5, 5.41) is 17.5. The zero-order valence-corrected chi connectivity index (χ0v) is 18.3. The number of nitriles is 2. The van der Waals surface area contributed by atoms with Gasteiger partial charge in [-0.2, -0.15) is 10.5 Å². The highest BCUT2D eigenvalue weighted by atomic mass is 79.9. The summed E-state index contributed by atoms with van der Waals surface area (Å²) in [5.74, 6) is -0.481. The van der Waals surface area contributed by atoms with Crippen molar-refractivity contribution in [3.05, 3.63) is 62.3 Å². The molecule has 1 saturated heterocycles. The molecule has 0 radical (unpaired) electrons. The molecule has 0 amide bonds. The van der Waals surface area contributed by atoms with E-state index in [9.17, 15) is 9.65 Å². The Kier molecular flexibility index (Phi) is 7.79. The van der Waals surface area contributed by atoms with Crippen LogP contribution in [0.3, 0.4) is 0 Å². The maximum atomic E-state index is 12.5. The van der Waals surface area contributed by atoms with Crippen LogP contribution in [0.2, 0.25) is 0 Å². The summed E-state index contributed by atoms with van der Waals surface area (Å²) >= 11 is 6.52. The van der Waals surface area contributed by atoms with E-state index in [0.717, 1.165) is 35.2 Å². The molecule has 1 heterocycles. The third-order valence-electron chi connectivity index (χ3n) is 4.36. The van der Waals surface area contributed by atoms with Crippen LogP contribution >= 0.6 is 31.9 Å². The summed E-state index contributed by atoms with van der Waals surface area (Å²) < 4.78 is 14.2. The molecule has 1 aliphatic heterocycles. The van der Waals surface area contributed by atoms with E-state index >= 15 is 0 Å². The number of hydrogen-bond donors (Lipinski definition) is 0. The number of benzene rings is 2. The first-order valence-corrected chi connectivity index (χ1v) is 9.90. The number of halogens is 3. The van der Waals surface area contributed by atoms with Crippen LogP contribution in [0.4, 0.5) is 10.1 Å². The molecule has 0 spiro atoms. The number of rotatable bonds is 2. The molecule has 3 rings (SSSR count). The van der Waals surface area contributed by atoms with Gasteiger partial charge in [0.1, 0.15) is 18.0 Å². The number of anilines is 1. The van der Waals surface area contributed by atoms with Crippen molar-refractivity contribution in [3.8, 4) is 12.1 Å². The second kappa shape index (κ2) is 9.85. The molecule has 140 valence electrons. The van der Waals surface area contributed by atoms with Gasteiger partial charge in [-0.3, -0.25) is 0 Å². The largest absolute Gasteiger partial charge is 0.369 e. The summed E-state index contributed by atoms with van der Waals surface area (Å²) in [6.45, 7) is 2.03. The topological polar surface area (TPSA) is 54.1 Å². The Morgan fingerprint density at radius 1 is 1.04 bits per heavy atom. The Bertz CT molecular complexity index is 887. The molecule has 1 atom stereocenters. The first kappa shape index (κ1) is 21.4. The molecule has 1 aliphatic rings. The molecule has 1 unspecified atom stereocenters. The van der Waals surface area contributed by atoms with Crippen LogP contribution in [0.15, 0.2) is 45.3 Å². The van der Waals surface area contributed by atoms with E-state index in [2.05, 4.69) is 61.8 Å². The molecule has 0 aromatic heterocycles. The highest BCUT2D eigenvalue weighted by molar-refractivity contribution is 9.10. The molecule has 0 bridgehead atoms. The lowest BCUT2D eigenvalue weighted by Gasteiger charge is -2.22. The minimum absolute atomic E-state index is 0.0642. The van der Waals surface area contributed by atoms with Crippen molar-refractivity contribution in [1.82, 2.24) is 4.90 Å². The Labute approximate surface area is 176 Å². The lowest BCUT2D eigenvalue weighted by Crippen LogP contribution is -2.31. The fourth-order valence-electron chi connectivity index (χ4n) is 2.84. The summed E-state index contributed by atoms with van der Waals surface area (Å²) in [5.41, 5.74) is 1.87. The fourth-order valence-corrected chi connectivity index (χ4v) is 3.56. The van der Waals surface area contributed by atoms with Crippen LogP contribution in [0, 0.1) is 28.5 Å². The lowest BCUT2D eigenvalue weighted by molar-refractivity contribution is 0.315. The van der Waals surface area contributed by atoms with E-state index in [1.54, 1.807) is 12.1 Å². The molecular formula is C20H19Br2FN4. The molecule has 0 aliphatic carbocycles. The minimum Gasteiger partial charge on any atom is -0.369 e. The van der Waals surface area contributed by atoms with E-state index in [0.29, 0.717) is 10.5 Å². The molecule has 0 N–H and O–H groups in total. The van der Waals surface area contributed by atoms with Crippen LogP contribution in [0.1, 0.15) is 17.5 Å². The molecule has 7 heteroatoms. The van der Waals surface area contributed by atoms with Crippen molar-refractivity contribution in [2.45, 2.75) is 12.5 Å². The summed E-state index contributed by atoms with van der Waals surface area (Å²) in [6.07, 6.45) is 1.16. The van der Waals surface area contributed by atoms with E-state index < -0.39 is 5.82 Å². The quantitative estimate of drug-likeness (QED) is 0.595. The van der Waals surface area contributed by atoms with Crippen LogP contribution in [0.25, 0.3) is 0 Å². The van der Waals surface area contributed by atoms with Crippen molar-refractivity contribution >= 4 is 37.5 Å². The van der Waals surface area contributed by atoms with Gasteiger partial charge in [0.15, 0.2) is 0 Å². The normalized spacial score (nSPS) is 15.7. The molecule has 2 aromatic carbocycles. The Balaban J connectivity index is 0.000000223. The van der Waals surface area contributed by atoms with Gasteiger partial charge >= 0.3 is 0 Å². The monoisotopic (exact) mass is 492 g/mol. The van der Waals surface area contributed by atoms with Crippen LogP contribution < -0.4 is 4.90 Å². The first-order chi connectivity index (χ1) is 12.8. The predicted molar refractivity (Wildman–Crippen MR) is 112 cm³/mol. The maximum Gasteiger partial charge on any atom is 0.141 e. The summed E-state index contributed by atoms with van der Waals surface area (Å²) in [4.78, 5) is 4.56. The predicted octanol–water partition coefficient (Wildman–Crippen LogP) is 4.92. The molecular weight excluding hydrogens is 475 g/mol. The van der Waals surface area contributed by atoms with Crippen molar-refractivity contribution < 1.29 is 4.39 Å². The average molecular weight is 494 g/mol. The zero-order valence-electron chi connectivity index (χ0n) is 15.1. The van der Waals surface area contributed by atoms with E-state index in [1.807, 2.05) is 18.2 Å². The third-order valence-corrected chi connectivity index (χ3v) is 5.35. The summed E-state index contributed by atoms with van der Waals surface area (Å²) in [7, 11) is 4.22. The smallest absolute Gasteiger partial charge is 0.141 e. The summed E-state index contributed by atoms with van der Waals surface area (Å²) in [6, 6.07) is 14.8. The molecule has 2 aromatic rings. The Morgan fingerprint density at radius 3 is 2.15 bits per heavy atom. The highest BCUT2D eigenvalue weighted by Crippen LogP contribution is 2.27. The number of likely N-dealkylation sites (N-methyl/N-ethyl adjacent to an activating group) is 1. The standard InChI is InChI=1S/C13H16BrN3.C7H3BrFN/c1-16(2)12-5-6-17(9-12)13-4-3-11(14)7-10(13)8-15;8-6-1-2-7(9)5(3-6)4-10/h3-4,7,12H,5-6,9H2,1-2H3;1-3H. The molecule has 0 saturated carbocycles. The van der Waals surface area contributed by atoms with Gasteiger partial charge in [0, 0.05) is 28.1 Å². The van der Waals surface area contributed by atoms with Crippen LogP contribution in [0.5, 0.6) is 0 Å². The van der Waals surface area contributed by atoms with E-state index in [1.165, 1.54) is 12.1 Å². The zero-order chi connectivity index (χ0) is 20.0. The van der Waals surface area contributed by atoms with Gasteiger partial charge in [0.2, 0.25) is 0 Å². The Morgan fingerprint density at radius 2 is 1.63 bits per heavy atom. The molecule has 4 nitrogen and oxygen atoms in total. The molecule has 1 fully saturated rings. The van der Waals surface area contributed by atoms with Crippen LogP contribution in [-0.2, 0) is 0 Å². The Hall–Kier alpha value is -1.93. The maximum absolute atomic E-state index is 12.5.